The third-order valence-corrected chi connectivity index (χ3v) is 3.91. The van der Waals surface area contributed by atoms with Gasteiger partial charge in [0.15, 0.2) is 11.5 Å². The molecule has 0 saturated heterocycles. The van der Waals surface area contributed by atoms with Gasteiger partial charge in [-0.05, 0) is 35.9 Å². The molecule has 0 saturated carbocycles. The average Bonchev–Trinajstić information content (AvgIpc) is 2.60. The van der Waals surface area contributed by atoms with Gasteiger partial charge in [-0.2, -0.15) is 13.2 Å². The molecule has 146 valence electrons. The van der Waals surface area contributed by atoms with Gasteiger partial charge in [0.1, 0.15) is 0 Å². The van der Waals surface area contributed by atoms with E-state index in [2.05, 4.69) is 5.32 Å². The Bertz CT molecular complexity index is 820. The number of carbonyl (C=O) groups is 1. The zero-order valence-electron chi connectivity index (χ0n) is 15.5. The Morgan fingerprint density at radius 2 is 1.70 bits per heavy atom. The number of hydrogen-bond donors (Lipinski definition) is 1. The maximum Gasteiger partial charge on any atom is 0.418 e. The van der Waals surface area contributed by atoms with E-state index < -0.39 is 17.6 Å². The van der Waals surface area contributed by atoms with Crippen LogP contribution in [0.2, 0.25) is 0 Å². The topological polar surface area (TPSA) is 50.8 Å². The van der Waals surface area contributed by atoms with Crippen LogP contribution in [0.1, 0.15) is 11.1 Å². The molecule has 27 heavy (non-hydrogen) atoms. The van der Waals surface area contributed by atoms with Crippen molar-refractivity contribution in [2.75, 3.05) is 38.5 Å². The van der Waals surface area contributed by atoms with Crippen molar-refractivity contribution < 1.29 is 27.4 Å². The minimum absolute atomic E-state index is 0.104. The molecule has 1 amide bonds. The van der Waals surface area contributed by atoms with Crippen LogP contribution in [0.4, 0.5) is 24.5 Å². The highest BCUT2D eigenvalue weighted by molar-refractivity contribution is 5.93. The summed E-state index contributed by atoms with van der Waals surface area (Å²) in [5.74, 6) is 0.375. The third-order valence-electron chi connectivity index (χ3n) is 3.91. The monoisotopic (exact) mass is 382 g/mol. The Kier molecular flexibility index (Phi) is 6.20. The molecule has 0 radical (unpaired) electrons. The first-order valence-electron chi connectivity index (χ1n) is 8.05. The summed E-state index contributed by atoms with van der Waals surface area (Å²) in [5, 5.41) is 2.35. The predicted octanol–water partition coefficient (Wildman–Crippen LogP) is 3.97. The van der Waals surface area contributed by atoms with Crippen LogP contribution >= 0.6 is 0 Å². The molecule has 0 bridgehead atoms. The number of anilines is 2. The van der Waals surface area contributed by atoms with E-state index in [0.717, 1.165) is 6.07 Å². The minimum atomic E-state index is -4.59. The second kappa shape index (κ2) is 8.20. The van der Waals surface area contributed by atoms with Gasteiger partial charge in [-0.25, -0.2) is 0 Å². The van der Waals surface area contributed by atoms with Crippen LogP contribution in [0, 0.1) is 0 Å². The third kappa shape index (κ3) is 5.06. The van der Waals surface area contributed by atoms with Crippen molar-refractivity contribution in [2.45, 2.75) is 12.6 Å². The molecule has 2 aromatic rings. The average molecular weight is 382 g/mol. The predicted molar refractivity (Wildman–Crippen MR) is 97.7 cm³/mol. The first-order chi connectivity index (χ1) is 12.7. The van der Waals surface area contributed by atoms with Gasteiger partial charge >= 0.3 is 6.18 Å². The molecule has 0 atom stereocenters. The van der Waals surface area contributed by atoms with Gasteiger partial charge in [-0.3, -0.25) is 4.79 Å². The largest absolute Gasteiger partial charge is 0.493 e. The van der Waals surface area contributed by atoms with Crippen molar-refractivity contribution >= 4 is 17.3 Å². The van der Waals surface area contributed by atoms with Crippen LogP contribution in [0.15, 0.2) is 36.4 Å². The summed E-state index contributed by atoms with van der Waals surface area (Å²) in [6.45, 7) is 0. The summed E-state index contributed by atoms with van der Waals surface area (Å²) in [4.78, 5) is 13.8. The number of methoxy groups -OCH3 is 2. The highest BCUT2D eigenvalue weighted by Gasteiger charge is 2.34. The summed E-state index contributed by atoms with van der Waals surface area (Å²) in [7, 11) is 6.24. The summed E-state index contributed by atoms with van der Waals surface area (Å²) in [6, 6.07) is 8.67. The Balaban J connectivity index is 2.23. The molecule has 0 aliphatic carbocycles. The van der Waals surface area contributed by atoms with E-state index in [9.17, 15) is 18.0 Å². The molecule has 0 unspecified atom stereocenters. The molecule has 0 aliphatic heterocycles. The van der Waals surface area contributed by atoms with Crippen LogP contribution in [0.25, 0.3) is 0 Å². The lowest BCUT2D eigenvalue weighted by Crippen LogP contribution is -2.19. The van der Waals surface area contributed by atoms with Gasteiger partial charge < -0.3 is 19.7 Å². The Morgan fingerprint density at radius 3 is 2.26 bits per heavy atom. The van der Waals surface area contributed by atoms with E-state index in [1.165, 1.54) is 26.4 Å². The number of carbonyl (C=O) groups excluding carboxylic acids is 1. The van der Waals surface area contributed by atoms with Crippen LogP contribution in [0.5, 0.6) is 11.5 Å². The van der Waals surface area contributed by atoms with E-state index in [-0.39, 0.29) is 12.1 Å². The summed E-state index contributed by atoms with van der Waals surface area (Å²) >= 11 is 0. The zero-order chi connectivity index (χ0) is 20.2. The Labute approximate surface area is 155 Å². The second-order valence-electron chi connectivity index (χ2n) is 6.04. The molecule has 2 aromatic carbocycles. The van der Waals surface area contributed by atoms with Crippen LogP contribution in [-0.4, -0.2) is 34.2 Å². The maximum atomic E-state index is 13.4. The second-order valence-corrected chi connectivity index (χ2v) is 6.04. The van der Waals surface area contributed by atoms with Crippen molar-refractivity contribution in [2.24, 2.45) is 0 Å². The molecule has 0 aliphatic rings. The van der Waals surface area contributed by atoms with Crippen molar-refractivity contribution in [1.29, 1.82) is 0 Å². The molecular formula is C19H21F3N2O3. The number of ether oxygens (including phenoxy) is 2. The summed E-state index contributed by atoms with van der Waals surface area (Å²) in [5.41, 5.74) is -0.197. The highest BCUT2D eigenvalue weighted by Crippen LogP contribution is 2.37. The van der Waals surface area contributed by atoms with Gasteiger partial charge in [0.05, 0.1) is 31.9 Å². The maximum absolute atomic E-state index is 13.4. The molecule has 0 fully saturated rings. The molecule has 0 heterocycles. The highest BCUT2D eigenvalue weighted by atomic mass is 19.4. The van der Waals surface area contributed by atoms with Crippen molar-refractivity contribution in [3.63, 3.8) is 0 Å². The van der Waals surface area contributed by atoms with E-state index >= 15 is 0 Å². The van der Waals surface area contributed by atoms with E-state index in [0.29, 0.717) is 22.7 Å². The number of rotatable bonds is 6. The fraction of sp³-hybridized carbons (Fsp3) is 0.316. The van der Waals surface area contributed by atoms with E-state index in [1.54, 1.807) is 37.2 Å². The molecule has 2 rings (SSSR count). The zero-order valence-corrected chi connectivity index (χ0v) is 15.5. The molecule has 0 aromatic heterocycles. The van der Waals surface area contributed by atoms with Crippen molar-refractivity contribution in [3.05, 3.63) is 47.5 Å². The number of halogens is 3. The molecule has 5 nitrogen and oxygen atoms in total. The Morgan fingerprint density at radius 1 is 1.04 bits per heavy atom. The first kappa shape index (κ1) is 20.4. The van der Waals surface area contributed by atoms with E-state index in [4.69, 9.17) is 9.47 Å². The fourth-order valence-electron chi connectivity index (χ4n) is 2.52. The number of nitrogens with zero attached hydrogens (tertiary/aromatic N) is 1. The van der Waals surface area contributed by atoms with Crippen LogP contribution in [0.3, 0.4) is 0 Å². The van der Waals surface area contributed by atoms with Crippen molar-refractivity contribution in [1.82, 2.24) is 0 Å². The van der Waals surface area contributed by atoms with Crippen LogP contribution in [-0.2, 0) is 17.4 Å². The number of amides is 1. The summed E-state index contributed by atoms with van der Waals surface area (Å²) < 4.78 is 50.3. The lowest BCUT2D eigenvalue weighted by molar-refractivity contribution is -0.136. The standard InChI is InChI=1S/C19H21F3N2O3/c1-24(2)13-6-7-15(14(11-13)19(20,21)22)23-18(25)10-12-5-8-16(26-3)17(9-12)27-4/h5-9,11H,10H2,1-4H3,(H,23,25). The van der Waals surface area contributed by atoms with Gasteiger partial charge in [-0.1, -0.05) is 6.07 Å². The Hall–Kier alpha value is -2.90. The SMILES string of the molecule is COc1ccc(CC(=O)Nc2ccc(N(C)C)cc2C(F)(F)F)cc1OC. The van der Waals surface area contributed by atoms with Gasteiger partial charge in [0, 0.05) is 19.8 Å². The quantitative estimate of drug-likeness (QED) is 0.821. The van der Waals surface area contributed by atoms with Gasteiger partial charge in [0.2, 0.25) is 5.91 Å². The molecule has 8 heteroatoms. The molecule has 0 spiro atoms. The molecular weight excluding hydrogens is 361 g/mol. The fourth-order valence-corrected chi connectivity index (χ4v) is 2.52. The number of alkyl halides is 3. The lowest BCUT2D eigenvalue weighted by Gasteiger charge is -2.19. The lowest BCUT2D eigenvalue weighted by atomic mass is 10.1. The number of benzene rings is 2. The first-order valence-corrected chi connectivity index (χ1v) is 8.05. The number of nitrogens with one attached hydrogen (secondary N) is 1. The minimum Gasteiger partial charge on any atom is -0.493 e. The van der Waals surface area contributed by atoms with Gasteiger partial charge in [0.25, 0.3) is 0 Å². The van der Waals surface area contributed by atoms with Crippen LogP contribution < -0.4 is 19.7 Å². The normalized spacial score (nSPS) is 11.1. The number of hydrogen-bond acceptors (Lipinski definition) is 4. The summed E-state index contributed by atoms with van der Waals surface area (Å²) in [6.07, 6.45) is -4.69. The van der Waals surface area contributed by atoms with Crippen molar-refractivity contribution in [3.8, 4) is 11.5 Å². The smallest absolute Gasteiger partial charge is 0.418 e. The molecule has 1 N–H and O–H groups in total. The van der Waals surface area contributed by atoms with E-state index in [1.807, 2.05) is 0 Å². The van der Waals surface area contributed by atoms with Gasteiger partial charge in [-0.15, -0.1) is 0 Å².